The van der Waals surface area contributed by atoms with Crippen LogP contribution in [-0.4, -0.2) is 6.54 Å². The maximum atomic E-state index is 12.9. The van der Waals surface area contributed by atoms with Gasteiger partial charge in [0.1, 0.15) is 5.82 Å². The molecule has 0 spiro atoms. The summed E-state index contributed by atoms with van der Waals surface area (Å²) in [6.07, 6.45) is 7.89. The summed E-state index contributed by atoms with van der Waals surface area (Å²) in [6.45, 7) is 4.08. The number of benzene rings is 1. The third kappa shape index (κ3) is 6.50. The van der Waals surface area contributed by atoms with Crippen LogP contribution in [0.25, 0.3) is 0 Å². The van der Waals surface area contributed by atoms with E-state index < -0.39 is 0 Å². The number of nitrogens with one attached hydrogen (secondary N) is 1. The van der Waals surface area contributed by atoms with E-state index in [0.29, 0.717) is 0 Å². The first-order valence-corrected chi connectivity index (χ1v) is 7.68. The summed E-state index contributed by atoms with van der Waals surface area (Å²) in [5.41, 5.74) is 1.11. The highest BCUT2D eigenvalue weighted by atomic mass is 79.9. The van der Waals surface area contributed by atoms with Crippen LogP contribution in [0.5, 0.6) is 0 Å². The lowest BCUT2D eigenvalue weighted by Gasteiger charge is -2.07. The van der Waals surface area contributed by atoms with Gasteiger partial charge in [0, 0.05) is 11.0 Å². The van der Waals surface area contributed by atoms with Crippen molar-refractivity contribution in [1.29, 1.82) is 0 Å². The molecule has 1 rings (SSSR count). The van der Waals surface area contributed by atoms with Crippen molar-refractivity contribution < 1.29 is 4.39 Å². The van der Waals surface area contributed by atoms with Crippen LogP contribution >= 0.6 is 15.9 Å². The topological polar surface area (TPSA) is 12.0 Å². The largest absolute Gasteiger partial charge is 0.313 e. The molecule has 0 fully saturated rings. The number of hydrogen-bond acceptors (Lipinski definition) is 1. The van der Waals surface area contributed by atoms with Crippen LogP contribution in [0.3, 0.4) is 0 Å². The Morgan fingerprint density at radius 2 is 1.83 bits per heavy atom. The summed E-state index contributed by atoms with van der Waals surface area (Å²) in [6, 6.07) is 4.85. The molecule has 18 heavy (non-hydrogen) atoms. The average molecular weight is 316 g/mol. The van der Waals surface area contributed by atoms with Crippen LogP contribution in [-0.2, 0) is 6.54 Å². The second-order valence-corrected chi connectivity index (χ2v) is 5.53. The first-order chi connectivity index (χ1) is 8.74. The Morgan fingerprint density at radius 3 is 2.56 bits per heavy atom. The van der Waals surface area contributed by atoms with Crippen LogP contribution in [0.2, 0.25) is 0 Å². The Kier molecular flexibility index (Phi) is 8.27. The van der Waals surface area contributed by atoms with E-state index in [1.54, 1.807) is 0 Å². The van der Waals surface area contributed by atoms with Gasteiger partial charge in [0.25, 0.3) is 0 Å². The van der Waals surface area contributed by atoms with Gasteiger partial charge >= 0.3 is 0 Å². The van der Waals surface area contributed by atoms with Gasteiger partial charge in [-0.15, -0.1) is 0 Å². The molecule has 0 radical (unpaired) electrons. The van der Waals surface area contributed by atoms with Crippen LogP contribution in [0.15, 0.2) is 22.7 Å². The van der Waals surface area contributed by atoms with E-state index in [4.69, 9.17) is 0 Å². The minimum atomic E-state index is -0.193. The monoisotopic (exact) mass is 315 g/mol. The molecule has 3 heteroatoms. The average Bonchev–Trinajstić information content (AvgIpc) is 2.35. The van der Waals surface area contributed by atoms with Gasteiger partial charge in [-0.2, -0.15) is 0 Å². The third-order valence-corrected chi connectivity index (χ3v) is 3.78. The molecule has 1 N–H and O–H groups in total. The molecule has 0 unspecified atom stereocenters. The van der Waals surface area contributed by atoms with Crippen molar-refractivity contribution in [3.8, 4) is 0 Å². The van der Waals surface area contributed by atoms with Crippen molar-refractivity contribution in [2.45, 2.75) is 52.0 Å². The van der Waals surface area contributed by atoms with Gasteiger partial charge in [0.15, 0.2) is 0 Å². The zero-order chi connectivity index (χ0) is 13.2. The van der Waals surface area contributed by atoms with Gasteiger partial charge in [-0.05, 0) is 30.7 Å². The number of rotatable bonds is 9. The predicted octanol–water partition coefficient (Wildman–Crippen LogP) is 5.04. The summed E-state index contributed by atoms with van der Waals surface area (Å²) in [5, 5.41) is 3.40. The molecule has 1 aromatic carbocycles. The fourth-order valence-corrected chi connectivity index (χ4v) is 2.41. The molecule has 1 aromatic rings. The Balaban J connectivity index is 2.07. The number of unbranched alkanes of at least 4 members (excludes halogenated alkanes) is 5. The van der Waals surface area contributed by atoms with Gasteiger partial charge < -0.3 is 5.32 Å². The molecule has 0 aliphatic heterocycles. The summed E-state index contributed by atoms with van der Waals surface area (Å²) in [4.78, 5) is 0. The van der Waals surface area contributed by atoms with Crippen molar-refractivity contribution in [1.82, 2.24) is 5.32 Å². The fourth-order valence-electron chi connectivity index (χ4n) is 1.92. The van der Waals surface area contributed by atoms with Crippen LogP contribution in [0.1, 0.15) is 51.0 Å². The highest BCUT2D eigenvalue weighted by Crippen LogP contribution is 2.17. The van der Waals surface area contributed by atoms with Crippen LogP contribution in [0, 0.1) is 5.82 Å². The van der Waals surface area contributed by atoms with E-state index in [2.05, 4.69) is 28.2 Å². The van der Waals surface area contributed by atoms with Gasteiger partial charge in [0.05, 0.1) is 0 Å². The molecule has 0 saturated carbocycles. The van der Waals surface area contributed by atoms with E-state index in [-0.39, 0.29) is 5.82 Å². The summed E-state index contributed by atoms with van der Waals surface area (Å²) >= 11 is 3.38. The smallest absolute Gasteiger partial charge is 0.124 e. The van der Waals surface area contributed by atoms with Gasteiger partial charge in [-0.3, -0.25) is 0 Å². The molecule has 1 nitrogen and oxygen atoms in total. The highest BCUT2D eigenvalue weighted by Gasteiger charge is 2.00. The summed E-state index contributed by atoms with van der Waals surface area (Å²) in [5.74, 6) is -0.193. The van der Waals surface area contributed by atoms with Crippen LogP contribution < -0.4 is 5.32 Å². The second kappa shape index (κ2) is 9.51. The molecule has 0 aliphatic carbocycles. The Bertz CT molecular complexity index is 341. The minimum absolute atomic E-state index is 0.193. The zero-order valence-corrected chi connectivity index (χ0v) is 12.7. The Morgan fingerprint density at radius 1 is 1.11 bits per heavy atom. The molecule has 0 atom stereocenters. The molecule has 0 saturated heterocycles. The van der Waals surface area contributed by atoms with Gasteiger partial charge in [-0.1, -0.05) is 61.0 Å². The van der Waals surface area contributed by atoms with Crippen molar-refractivity contribution in [2.24, 2.45) is 0 Å². The van der Waals surface area contributed by atoms with E-state index in [9.17, 15) is 4.39 Å². The minimum Gasteiger partial charge on any atom is -0.313 e. The maximum absolute atomic E-state index is 12.9. The van der Waals surface area contributed by atoms with Crippen molar-refractivity contribution in [3.05, 3.63) is 34.1 Å². The predicted molar refractivity (Wildman–Crippen MR) is 79.2 cm³/mol. The lowest BCUT2D eigenvalue weighted by molar-refractivity contribution is 0.571. The first kappa shape index (κ1) is 15.6. The van der Waals surface area contributed by atoms with Gasteiger partial charge in [0.2, 0.25) is 0 Å². The van der Waals surface area contributed by atoms with Crippen molar-refractivity contribution in [3.63, 3.8) is 0 Å². The van der Waals surface area contributed by atoms with E-state index in [1.165, 1.54) is 50.7 Å². The van der Waals surface area contributed by atoms with Gasteiger partial charge in [-0.25, -0.2) is 4.39 Å². The molecule has 102 valence electrons. The quantitative estimate of drug-likeness (QED) is 0.630. The SMILES string of the molecule is CCCCCCCCNCc1ccc(F)cc1Br. The molecule has 0 bridgehead atoms. The summed E-state index contributed by atoms with van der Waals surface area (Å²) in [7, 11) is 0. The highest BCUT2D eigenvalue weighted by molar-refractivity contribution is 9.10. The molecular weight excluding hydrogens is 293 g/mol. The number of halogens is 2. The first-order valence-electron chi connectivity index (χ1n) is 6.88. The molecule has 0 aliphatic rings. The molecule has 0 heterocycles. The molecular formula is C15H23BrFN. The van der Waals surface area contributed by atoms with Crippen molar-refractivity contribution >= 4 is 15.9 Å². The molecule has 0 amide bonds. The third-order valence-electron chi connectivity index (χ3n) is 3.04. The molecule has 0 aromatic heterocycles. The number of hydrogen-bond donors (Lipinski definition) is 1. The van der Waals surface area contributed by atoms with E-state index in [1.807, 2.05) is 6.07 Å². The fraction of sp³-hybridized carbons (Fsp3) is 0.600. The summed E-state index contributed by atoms with van der Waals surface area (Å²) < 4.78 is 13.7. The van der Waals surface area contributed by atoms with Crippen LogP contribution in [0.4, 0.5) is 4.39 Å². The lowest BCUT2D eigenvalue weighted by Crippen LogP contribution is -2.15. The lowest BCUT2D eigenvalue weighted by atomic mass is 10.1. The standard InChI is InChI=1S/C15H23BrFN/c1-2-3-4-5-6-7-10-18-12-13-8-9-14(17)11-15(13)16/h8-9,11,18H,2-7,10,12H2,1H3. The van der Waals surface area contributed by atoms with Crippen molar-refractivity contribution in [2.75, 3.05) is 6.54 Å². The Labute approximate surface area is 118 Å². The van der Waals surface area contributed by atoms with E-state index >= 15 is 0 Å². The second-order valence-electron chi connectivity index (χ2n) is 4.68. The normalized spacial score (nSPS) is 10.8. The maximum Gasteiger partial charge on any atom is 0.124 e. The van der Waals surface area contributed by atoms with E-state index in [0.717, 1.165) is 23.1 Å². The zero-order valence-electron chi connectivity index (χ0n) is 11.1. The Hall–Kier alpha value is -0.410.